The number of nitrogens with zero attached hydrogens (tertiary/aromatic N) is 3. The number of fused-ring (bicyclic) bond motifs is 7. The first-order chi connectivity index (χ1) is 19.3. The molecule has 3 aliphatic heterocycles. The maximum absolute atomic E-state index is 16.1. The summed E-state index contributed by atoms with van der Waals surface area (Å²) < 4.78 is 18.6. The molecule has 8 rings (SSSR count). The van der Waals surface area contributed by atoms with Crippen LogP contribution in [0.15, 0.2) is 59.1 Å². The van der Waals surface area contributed by atoms with Crippen LogP contribution in [0, 0.1) is 11.7 Å². The number of imidazole rings is 1. The molecular weight excluding hydrogens is 611 g/mol. The van der Waals surface area contributed by atoms with Gasteiger partial charge in [0.2, 0.25) is 5.91 Å². The molecule has 0 unspecified atom stereocenters. The number of aromatic carboxylic acids is 1. The van der Waals surface area contributed by atoms with Gasteiger partial charge < -0.3 is 15.0 Å². The quantitative estimate of drug-likeness (QED) is 0.259. The zero-order valence-corrected chi connectivity index (χ0v) is 23.4. The van der Waals surface area contributed by atoms with E-state index < -0.39 is 23.2 Å². The molecule has 4 aliphatic rings. The third-order valence-corrected chi connectivity index (χ3v) is 10.1. The number of amides is 1. The smallest absolute Gasteiger partial charge is 0.335 e. The Morgan fingerprint density at radius 3 is 2.76 bits per heavy atom. The van der Waals surface area contributed by atoms with Crippen molar-refractivity contribution in [1.82, 2.24) is 14.5 Å². The molecule has 4 atom stereocenters. The molecule has 7 nitrogen and oxygen atoms in total. The normalized spacial score (nSPS) is 26.1. The zero-order chi connectivity index (χ0) is 27.5. The van der Waals surface area contributed by atoms with Crippen molar-refractivity contribution in [3.05, 3.63) is 92.4 Å². The summed E-state index contributed by atoms with van der Waals surface area (Å²) in [5.74, 6) is -1.27. The van der Waals surface area contributed by atoms with Crippen LogP contribution in [0.3, 0.4) is 0 Å². The highest BCUT2D eigenvalue weighted by Crippen LogP contribution is 2.65. The first-order valence-corrected chi connectivity index (χ1v) is 14.5. The second kappa shape index (κ2) is 9.11. The number of anilines is 1. The average Bonchev–Trinajstić information content (AvgIpc) is 3.37. The lowest BCUT2D eigenvalue weighted by Crippen LogP contribution is -2.53. The molecule has 1 amide bonds. The highest BCUT2D eigenvalue weighted by Gasteiger charge is 2.69. The molecule has 1 saturated carbocycles. The molecule has 1 aromatic heterocycles. The Morgan fingerprint density at radius 1 is 1.20 bits per heavy atom. The minimum atomic E-state index is -1.16. The van der Waals surface area contributed by atoms with Crippen LogP contribution in [-0.4, -0.2) is 44.0 Å². The molecule has 10 heteroatoms. The van der Waals surface area contributed by atoms with Crippen molar-refractivity contribution in [2.45, 2.75) is 50.2 Å². The van der Waals surface area contributed by atoms with E-state index in [2.05, 4.69) is 30.7 Å². The molecule has 1 saturated heterocycles. The van der Waals surface area contributed by atoms with E-state index in [4.69, 9.17) is 16.6 Å². The van der Waals surface area contributed by atoms with Crippen molar-refractivity contribution >= 4 is 56.1 Å². The molecule has 4 heterocycles. The predicted octanol–water partition coefficient (Wildman–Crippen LogP) is 6.75. The number of likely N-dealkylation sites (tertiary alicyclic amines) is 1. The molecule has 3 aromatic carbocycles. The molecule has 210 valence electrons. The van der Waals surface area contributed by atoms with Crippen molar-refractivity contribution in [2.75, 3.05) is 11.9 Å². The number of benzene rings is 3. The molecule has 0 radical (unpaired) electrons. The Hall–Kier alpha value is -3.27. The van der Waals surface area contributed by atoms with Crippen molar-refractivity contribution in [2.24, 2.45) is 5.92 Å². The zero-order valence-electron chi connectivity index (χ0n) is 21.1. The minimum Gasteiger partial charge on any atom is -0.478 e. The van der Waals surface area contributed by atoms with E-state index in [0.717, 1.165) is 29.7 Å². The van der Waals surface area contributed by atoms with Crippen LogP contribution in [0.2, 0.25) is 5.02 Å². The molecule has 4 aromatic rings. The van der Waals surface area contributed by atoms with E-state index in [9.17, 15) is 14.7 Å². The topological polar surface area (TPSA) is 87.5 Å². The lowest BCUT2D eigenvalue weighted by Gasteiger charge is -2.40. The number of carboxylic acids is 1. The standard InChI is InChI=1S/C30H23BrClFN4O3.CH4/c31-19-3-1-2-17(26(19)33)25-24-23(13-36-22-9-6-15(28(38)39)10-21(22)34-27(24)36)37(12-14-4-5-14)30(25)18-8-7-16(32)11-20(18)35-29(30)40;/h1-3,6-11,14,23-25H,4-5,12-13H2,(H,35,40)(H,38,39);1H4/t23-,24+,25-,30+;/m0./s1. The van der Waals surface area contributed by atoms with Gasteiger partial charge in [0.25, 0.3) is 0 Å². The van der Waals surface area contributed by atoms with Crippen molar-refractivity contribution in [1.29, 1.82) is 0 Å². The van der Waals surface area contributed by atoms with Crippen LogP contribution in [0.1, 0.15) is 59.4 Å². The summed E-state index contributed by atoms with van der Waals surface area (Å²) in [4.78, 5) is 33.3. The highest BCUT2D eigenvalue weighted by molar-refractivity contribution is 9.10. The molecule has 41 heavy (non-hydrogen) atoms. The van der Waals surface area contributed by atoms with E-state index in [-0.39, 0.29) is 30.9 Å². The van der Waals surface area contributed by atoms with Crippen LogP contribution >= 0.6 is 27.5 Å². The van der Waals surface area contributed by atoms with Gasteiger partial charge in [-0.2, -0.15) is 0 Å². The third-order valence-electron chi connectivity index (χ3n) is 9.22. The number of aromatic nitrogens is 2. The fourth-order valence-electron chi connectivity index (χ4n) is 7.49. The van der Waals surface area contributed by atoms with Gasteiger partial charge in [-0.1, -0.05) is 37.2 Å². The second-order valence-electron chi connectivity index (χ2n) is 11.3. The molecular formula is C31H27BrClFN4O3. The summed E-state index contributed by atoms with van der Waals surface area (Å²) >= 11 is 9.74. The Kier molecular flexibility index (Phi) is 5.92. The number of carboxylic acid groups (broad SMARTS) is 1. The number of halogens is 3. The van der Waals surface area contributed by atoms with Crippen LogP contribution < -0.4 is 5.32 Å². The van der Waals surface area contributed by atoms with Gasteiger partial charge in [-0.25, -0.2) is 14.2 Å². The Labute approximate surface area is 249 Å². The van der Waals surface area contributed by atoms with Crippen LogP contribution in [0.4, 0.5) is 10.1 Å². The van der Waals surface area contributed by atoms with Crippen LogP contribution in [0.25, 0.3) is 11.0 Å². The van der Waals surface area contributed by atoms with Gasteiger partial charge in [-0.15, -0.1) is 0 Å². The van der Waals surface area contributed by atoms with Gasteiger partial charge in [0.15, 0.2) is 0 Å². The first kappa shape index (κ1) is 26.6. The van der Waals surface area contributed by atoms with E-state index in [1.165, 1.54) is 0 Å². The summed E-state index contributed by atoms with van der Waals surface area (Å²) in [6.45, 7) is 1.29. The molecule has 2 N–H and O–H groups in total. The SMILES string of the molecule is C.O=C(O)c1ccc2c(c1)nc1n2C[C@H]2[C@@H]1[C@H](c1cccc(Br)c1F)[C@]1(C(=O)Nc3cc(Cl)ccc31)N2CC1CC1. The largest absolute Gasteiger partial charge is 0.478 e. The van der Waals surface area contributed by atoms with E-state index in [0.29, 0.717) is 45.3 Å². The monoisotopic (exact) mass is 636 g/mol. The number of hydrogen-bond acceptors (Lipinski definition) is 4. The van der Waals surface area contributed by atoms with Gasteiger partial charge in [0.05, 0.1) is 21.1 Å². The number of carbonyl (C=O) groups excluding carboxylic acids is 1. The van der Waals surface area contributed by atoms with Crippen molar-refractivity contribution < 1.29 is 19.1 Å². The predicted molar refractivity (Wildman–Crippen MR) is 158 cm³/mol. The van der Waals surface area contributed by atoms with Gasteiger partial charge in [0.1, 0.15) is 17.2 Å². The summed E-state index contributed by atoms with van der Waals surface area (Å²) in [6.07, 6.45) is 2.20. The molecule has 1 aliphatic carbocycles. The Bertz CT molecular complexity index is 1790. The first-order valence-electron chi connectivity index (χ1n) is 13.3. The number of rotatable bonds is 4. The molecule has 1 spiro atoms. The average molecular weight is 638 g/mol. The summed E-state index contributed by atoms with van der Waals surface area (Å²) in [7, 11) is 0. The van der Waals surface area contributed by atoms with Gasteiger partial charge in [0, 0.05) is 47.2 Å². The van der Waals surface area contributed by atoms with Crippen LogP contribution in [0.5, 0.6) is 0 Å². The van der Waals surface area contributed by atoms with Gasteiger partial charge in [-0.3, -0.25) is 9.69 Å². The minimum absolute atomic E-state index is 0. The van der Waals surface area contributed by atoms with E-state index in [1.54, 1.807) is 48.5 Å². The second-order valence-corrected chi connectivity index (χ2v) is 12.6. The number of carbonyl (C=O) groups is 2. The molecule has 2 fully saturated rings. The number of nitrogens with one attached hydrogen (secondary N) is 1. The fraction of sp³-hybridized carbons (Fsp3) is 0.323. The highest BCUT2D eigenvalue weighted by atomic mass is 79.9. The van der Waals surface area contributed by atoms with Gasteiger partial charge in [-0.05, 0) is 76.7 Å². The van der Waals surface area contributed by atoms with E-state index >= 15 is 4.39 Å². The van der Waals surface area contributed by atoms with E-state index in [1.807, 2.05) is 6.07 Å². The Morgan fingerprint density at radius 2 is 2.00 bits per heavy atom. The Balaban J connectivity index is 0.00000276. The maximum atomic E-state index is 16.1. The third kappa shape index (κ3) is 3.55. The lowest BCUT2D eigenvalue weighted by atomic mass is 9.71. The summed E-state index contributed by atoms with van der Waals surface area (Å²) in [6, 6.07) is 15.6. The summed E-state index contributed by atoms with van der Waals surface area (Å²) in [5.41, 5.74) is 2.33. The van der Waals surface area contributed by atoms with Crippen molar-refractivity contribution in [3.8, 4) is 0 Å². The summed E-state index contributed by atoms with van der Waals surface area (Å²) in [5, 5.41) is 13.2. The molecule has 0 bridgehead atoms. The van der Waals surface area contributed by atoms with Gasteiger partial charge >= 0.3 is 5.97 Å². The lowest BCUT2D eigenvalue weighted by molar-refractivity contribution is -0.128. The maximum Gasteiger partial charge on any atom is 0.335 e. The number of hydrogen-bond donors (Lipinski definition) is 2. The fourth-order valence-corrected chi connectivity index (χ4v) is 8.04. The van der Waals surface area contributed by atoms with Crippen molar-refractivity contribution in [3.63, 3.8) is 0 Å². The van der Waals surface area contributed by atoms with Crippen LogP contribution in [-0.2, 0) is 16.9 Å².